The van der Waals surface area contributed by atoms with Crippen molar-refractivity contribution in [1.82, 2.24) is 4.72 Å². The minimum absolute atomic E-state index is 0.00887. The molecule has 0 aromatic heterocycles. The van der Waals surface area contributed by atoms with Gasteiger partial charge in [0.15, 0.2) is 0 Å². The average molecular weight is 451 g/mol. The van der Waals surface area contributed by atoms with E-state index in [4.69, 9.17) is 4.74 Å². The lowest BCUT2D eigenvalue weighted by molar-refractivity contribution is 0.207. The van der Waals surface area contributed by atoms with Crippen LogP contribution < -0.4 is 9.46 Å². The molecule has 166 valence electrons. The van der Waals surface area contributed by atoms with Crippen LogP contribution in [-0.2, 0) is 22.9 Å². The van der Waals surface area contributed by atoms with Crippen molar-refractivity contribution in [2.45, 2.75) is 38.5 Å². The van der Waals surface area contributed by atoms with E-state index in [1.807, 2.05) is 17.7 Å². The normalized spacial score (nSPS) is 11.5. The molecule has 0 bridgehead atoms. The molecule has 3 aromatic rings. The molecule has 0 saturated heterocycles. The van der Waals surface area contributed by atoms with Crippen molar-refractivity contribution in [2.24, 2.45) is 4.99 Å². The average Bonchev–Trinajstić information content (AvgIpc) is 2.78. The van der Waals surface area contributed by atoms with Crippen LogP contribution in [-0.4, -0.2) is 20.7 Å². The minimum atomic E-state index is -4.00. The van der Waals surface area contributed by atoms with Gasteiger partial charge in [-0.3, -0.25) is 4.99 Å². The van der Waals surface area contributed by atoms with Gasteiger partial charge in [-0.1, -0.05) is 49.7 Å². The van der Waals surface area contributed by atoms with E-state index in [1.165, 1.54) is 23.3 Å². The number of aryl methyl sites for hydroxylation is 3. The summed E-state index contributed by atoms with van der Waals surface area (Å²) in [5.74, 6) is 0.224. The molecule has 0 saturated carbocycles. The maximum Gasteiger partial charge on any atom is 0.426 e. The molecule has 0 aliphatic rings. The number of aliphatic imine (C=N–C) groups is 1. The number of rotatable bonds is 7. The second-order valence-electron chi connectivity index (χ2n) is 7.27. The Balaban J connectivity index is 1.67. The molecular weight excluding hydrogens is 424 g/mol. The van der Waals surface area contributed by atoms with E-state index in [-0.39, 0.29) is 10.6 Å². The van der Waals surface area contributed by atoms with Crippen molar-refractivity contribution in [3.05, 3.63) is 89.0 Å². The van der Waals surface area contributed by atoms with Gasteiger partial charge in [0, 0.05) is 6.21 Å². The van der Waals surface area contributed by atoms with Crippen LogP contribution in [0.15, 0.2) is 76.6 Å². The largest absolute Gasteiger partial charge is 0.426 e. The zero-order chi connectivity index (χ0) is 23.1. The van der Waals surface area contributed by atoms with Crippen molar-refractivity contribution >= 4 is 28.0 Å². The van der Waals surface area contributed by atoms with E-state index in [2.05, 4.69) is 31.0 Å². The first kappa shape index (κ1) is 23.2. The second-order valence-corrected chi connectivity index (χ2v) is 8.95. The van der Waals surface area contributed by atoms with Crippen molar-refractivity contribution in [3.8, 4) is 5.75 Å². The molecule has 0 aliphatic carbocycles. The van der Waals surface area contributed by atoms with Gasteiger partial charge < -0.3 is 4.74 Å². The maximum absolute atomic E-state index is 12.3. The summed E-state index contributed by atoms with van der Waals surface area (Å²) in [7, 11) is -4.00. The number of benzene rings is 3. The van der Waals surface area contributed by atoms with Crippen LogP contribution in [0.3, 0.4) is 0 Å². The van der Waals surface area contributed by atoms with Gasteiger partial charge in [0.05, 0.1) is 10.6 Å². The van der Waals surface area contributed by atoms with Crippen molar-refractivity contribution < 1.29 is 17.9 Å². The highest BCUT2D eigenvalue weighted by atomic mass is 32.2. The number of sulfonamides is 1. The predicted octanol–water partition coefficient (Wildman–Crippen LogP) is 5.35. The van der Waals surface area contributed by atoms with Gasteiger partial charge in [-0.15, -0.1) is 0 Å². The summed E-state index contributed by atoms with van der Waals surface area (Å²) in [6.45, 7) is 6.05. The highest BCUT2D eigenvalue weighted by molar-refractivity contribution is 7.90. The van der Waals surface area contributed by atoms with E-state index in [0.29, 0.717) is 0 Å². The molecule has 1 N–H and O–H groups in total. The molecule has 0 fully saturated rings. The van der Waals surface area contributed by atoms with E-state index in [0.717, 1.165) is 29.7 Å². The third kappa shape index (κ3) is 5.82. The minimum Gasteiger partial charge on any atom is -0.410 e. The van der Waals surface area contributed by atoms with E-state index < -0.39 is 16.1 Å². The zero-order valence-electron chi connectivity index (χ0n) is 18.3. The lowest BCUT2D eigenvalue weighted by Gasteiger charge is -2.09. The summed E-state index contributed by atoms with van der Waals surface area (Å²) in [5, 5.41) is 0. The summed E-state index contributed by atoms with van der Waals surface area (Å²) in [4.78, 5) is 16.7. The SMILES string of the molecule is CCc1cccc(CC)c1N=Cc1ccc(OC(=O)NS(=O)(=O)c2ccc(C)cc2)cc1. The van der Waals surface area contributed by atoms with Crippen LogP contribution in [0.5, 0.6) is 5.75 Å². The van der Waals surface area contributed by atoms with Crippen molar-refractivity contribution in [2.75, 3.05) is 0 Å². The molecule has 0 heterocycles. The van der Waals surface area contributed by atoms with Gasteiger partial charge in [0.2, 0.25) is 0 Å². The van der Waals surface area contributed by atoms with Crippen LogP contribution in [0.4, 0.5) is 10.5 Å². The highest BCUT2D eigenvalue weighted by Gasteiger charge is 2.18. The molecule has 0 unspecified atom stereocenters. The molecule has 0 aliphatic heterocycles. The number of carbonyl (C=O) groups is 1. The van der Waals surface area contributed by atoms with Crippen molar-refractivity contribution in [3.63, 3.8) is 0 Å². The molecule has 3 aromatic carbocycles. The molecule has 1 amide bonds. The standard InChI is InChI=1S/C25H26N2O4S/c1-4-20-7-6-8-21(5-2)24(20)26-17-19-11-13-22(14-12-19)31-25(28)27-32(29,30)23-15-9-18(3)10-16-23/h6-17H,4-5H2,1-3H3,(H,27,28). The Hall–Kier alpha value is -3.45. The number of nitrogens with one attached hydrogen (secondary N) is 1. The Morgan fingerprint density at radius 1 is 0.938 bits per heavy atom. The number of para-hydroxylation sites is 1. The first-order valence-corrected chi connectivity index (χ1v) is 11.9. The van der Waals surface area contributed by atoms with E-state index >= 15 is 0 Å². The van der Waals surface area contributed by atoms with Gasteiger partial charge in [0.1, 0.15) is 5.75 Å². The third-order valence-corrected chi connectivity index (χ3v) is 6.28. The highest BCUT2D eigenvalue weighted by Crippen LogP contribution is 2.26. The molecule has 3 rings (SSSR count). The fourth-order valence-electron chi connectivity index (χ4n) is 3.16. The summed E-state index contributed by atoms with van der Waals surface area (Å²) in [5.41, 5.74) is 5.11. The van der Waals surface area contributed by atoms with Gasteiger partial charge in [-0.2, -0.15) is 0 Å². The summed E-state index contributed by atoms with van der Waals surface area (Å²) in [6.07, 6.45) is 2.48. The second kappa shape index (κ2) is 10.2. The summed E-state index contributed by atoms with van der Waals surface area (Å²) >= 11 is 0. The number of hydrogen-bond acceptors (Lipinski definition) is 5. The van der Waals surface area contributed by atoms with Gasteiger partial charge in [-0.05, 0) is 72.9 Å². The lowest BCUT2D eigenvalue weighted by atomic mass is 10.0. The Morgan fingerprint density at radius 3 is 2.09 bits per heavy atom. The first-order valence-electron chi connectivity index (χ1n) is 10.4. The smallest absolute Gasteiger partial charge is 0.410 e. The predicted molar refractivity (Wildman–Crippen MR) is 126 cm³/mol. The lowest BCUT2D eigenvalue weighted by Crippen LogP contribution is -2.33. The van der Waals surface area contributed by atoms with Gasteiger partial charge in [0.25, 0.3) is 10.0 Å². The molecule has 7 heteroatoms. The third-order valence-electron chi connectivity index (χ3n) is 4.95. The molecule has 32 heavy (non-hydrogen) atoms. The van der Waals surface area contributed by atoms with Crippen LogP contribution in [0.2, 0.25) is 0 Å². The van der Waals surface area contributed by atoms with Crippen LogP contribution in [0.1, 0.15) is 36.1 Å². The van der Waals surface area contributed by atoms with Crippen LogP contribution in [0.25, 0.3) is 0 Å². The molecular formula is C25H26N2O4S. The number of carbonyl (C=O) groups excluding carboxylic acids is 1. The molecule has 0 spiro atoms. The van der Waals surface area contributed by atoms with Crippen LogP contribution in [0, 0.1) is 6.92 Å². The number of amides is 1. The Morgan fingerprint density at radius 2 is 1.53 bits per heavy atom. The zero-order valence-corrected chi connectivity index (χ0v) is 19.1. The fraction of sp³-hybridized carbons (Fsp3) is 0.200. The maximum atomic E-state index is 12.3. The first-order chi connectivity index (χ1) is 15.3. The summed E-state index contributed by atoms with van der Waals surface area (Å²) in [6, 6.07) is 19.1. The Labute approximate surface area is 189 Å². The summed E-state index contributed by atoms with van der Waals surface area (Å²) < 4.78 is 31.6. The van der Waals surface area contributed by atoms with Crippen molar-refractivity contribution in [1.29, 1.82) is 0 Å². The van der Waals surface area contributed by atoms with E-state index in [1.54, 1.807) is 42.6 Å². The van der Waals surface area contributed by atoms with E-state index in [9.17, 15) is 13.2 Å². The topological polar surface area (TPSA) is 84.8 Å². The number of ether oxygens (including phenoxy) is 1. The van der Waals surface area contributed by atoms with Gasteiger partial charge >= 0.3 is 6.09 Å². The van der Waals surface area contributed by atoms with Gasteiger partial charge in [-0.25, -0.2) is 17.9 Å². The number of nitrogens with zero attached hydrogens (tertiary/aromatic N) is 1. The molecule has 6 nitrogen and oxygen atoms in total. The molecule has 0 radical (unpaired) electrons. The molecule has 0 atom stereocenters. The quantitative estimate of drug-likeness (QED) is 0.492. The monoisotopic (exact) mass is 450 g/mol. The Kier molecular flexibility index (Phi) is 7.43. The number of hydrogen-bond donors (Lipinski definition) is 1. The Bertz CT molecular complexity index is 1190. The fourth-order valence-corrected chi connectivity index (χ4v) is 4.03. The van der Waals surface area contributed by atoms with Crippen LogP contribution >= 0.6 is 0 Å².